The van der Waals surface area contributed by atoms with E-state index >= 15 is 0 Å². The standard InChI is InChI=1S/C27H26ClN5O5S/c1-19-23(27(28)31-33(19)20-10-6-4-7-11-20)17-29-30-26(34)18-32(39(35,36)22-12-8-5-9-13-22)21-14-15-24(37-2)25(16-21)38-3/h4-17H,18H2,1-3H3,(H,30,34)/b29-17-. The fourth-order valence-electron chi connectivity index (χ4n) is 3.80. The Labute approximate surface area is 231 Å². The first-order chi connectivity index (χ1) is 18.8. The molecule has 1 heterocycles. The summed E-state index contributed by atoms with van der Waals surface area (Å²) in [6.07, 6.45) is 1.37. The molecule has 4 rings (SSSR count). The van der Waals surface area contributed by atoms with Crippen LogP contribution >= 0.6 is 11.6 Å². The van der Waals surface area contributed by atoms with Gasteiger partial charge in [0, 0.05) is 6.07 Å². The number of nitrogens with one attached hydrogen (secondary N) is 1. The SMILES string of the molecule is COc1ccc(N(CC(=O)N/N=C\c2c(Cl)nn(-c3ccccc3)c2C)S(=O)(=O)c2ccccc2)cc1OC. The molecule has 0 saturated carbocycles. The average Bonchev–Trinajstić information content (AvgIpc) is 3.25. The van der Waals surface area contributed by atoms with E-state index in [1.165, 1.54) is 44.7 Å². The minimum Gasteiger partial charge on any atom is -0.493 e. The second kappa shape index (κ2) is 12.0. The summed E-state index contributed by atoms with van der Waals surface area (Å²) in [5.41, 5.74) is 4.63. The number of hydrazone groups is 1. The van der Waals surface area contributed by atoms with Gasteiger partial charge in [-0.2, -0.15) is 10.2 Å². The topological polar surface area (TPSA) is 115 Å². The van der Waals surface area contributed by atoms with E-state index in [0.717, 1.165) is 9.99 Å². The molecule has 0 bridgehead atoms. The number of methoxy groups -OCH3 is 2. The number of sulfonamides is 1. The molecule has 0 radical (unpaired) electrons. The van der Waals surface area contributed by atoms with Gasteiger partial charge >= 0.3 is 0 Å². The van der Waals surface area contributed by atoms with Crippen molar-refractivity contribution in [3.63, 3.8) is 0 Å². The maximum Gasteiger partial charge on any atom is 0.264 e. The zero-order chi connectivity index (χ0) is 28.0. The zero-order valence-electron chi connectivity index (χ0n) is 21.4. The molecule has 1 aromatic heterocycles. The maximum absolute atomic E-state index is 13.6. The van der Waals surface area contributed by atoms with Gasteiger partial charge in [-0.15, -0.1) is 0 Å². The van der Waals surface area contributed by atoms with Crippen LogP contribution < -0.4 is 19.2 Å². The van der Waals surface area contributed by atoms with E-state index in [0.29, 0.717) is 22.8 Å². The molecular formula is C27H26ClN5O5S. The van der Waals surface area contributed by atoms with E-state index in [-0.39, 0.29) is 15.7 Å². The van der Waals surface area contributed by atoms with Crippen LogP contribution in [0.4, 0.5) is 5.69 Å². The van der Waals surface area contributed by atoms with Crippen molar-refractivity contribution in [2.45, 2.75) is 11.8 Å². The molecule has 0 aliphatic rings. The highest BCUT2D eigenvalue weighted by Crippen LogP contribution is 2.33. The van der Waals surface area contributed by atoms with Gasteiger partial charge in [0.2, 0.25) is 0 Å². The van der Waals surface area contributed by atoms with Gasteiger partial charge in [0.05, 0.1) is 48.0 Å². The highest BCUT2D eigenvalue weighted by atomic mass is 35.5. The molecule has 12 heteroatoms. The molecule has 0 aliphatic carbocycles. The summed E-state index contributed by atoms with van der Waals surface area (Å²) in [4.78, 5) is 12.9. The number of anilines is 1. The van der Waals surface area contributed by atoms with Gasteiger partial charge in [-0.05, 0) is 43.3 Å². The molecule has 0 fully saturated rings. The number of hydrogen-bond donors (Lipinski definition) is 1. The summed E-state index contributed by atoms with van der Waals surface area (Å²) in [6.45, 7) is 1.26. The van der Waals surface area contributed by atoms with Crippen LogP contribution in [0.3, 0.4) is 0 Å². The highest BCUT2D eigenvalue weighted by molar-refractivity contribution is 7.92. The van der Waals surface area contributed by atoms with Crippen molar-refractivity contribution < 1.29 is 22.7 Å². The molecule has 202 valence electrons. The second-order valence-electron chi connectivity index (χ2n) is 8.19. The Balaban J connectivity index is 1.59. The van der Waals surface area contributed by atoms with Crippen molar-refractivity contribution in [1.29, 1.82) is 0 Å². The summed E-state index contributed by atoms with van der Waals surface area (Å²) >= 11 is 6.32. The predicted octanol–water partition coefficient (Wildman–Crippen LogP) is 4.20. The van der Waals surface area contributed by atoms with Crippen LogP contribution in [0.25, 0.3) is 5.69 Å². The lowest BCUT2D eigenvalue weighted by atomic mass is 10.2. The van der Waals surface area contributed by atoms with Crippen LogP contribution in [0.5, 0.6) is 11.5 Å². The molecule has 1 amide bonds. The summed E-state index contributed by atoms with van der Waals surface area (Å²) < 4.78 is 40.3. The summed E-state index contributed by atoms with van der Waals surface area (Å²) in [5, 5.41) is 8.54. The quantitative estimate of drug-likeness (QED) is 0.227. The molecule has 3 aromatic carbocycles. The van der Waals surface area contributed by atoms with E-state index in [1.54, 1.807) is 28.9 Å². The van der Waals surface area contributed by atoms with Crippen LogP contribution in [0.2, 0.25) is 5.15 Å². The van der Waals surface area contributed by atoms with Crippen molar-refractivity contribution in [3.8, 4) is 17.2 Å². The Morgan fingerprint density at radius 3 is 2.31 bits per heavy atom. The largest absolute Gasteiger partial charge is 0.493 e. The van der Waals surface area contributed by atoms with Gasteiger partial charge in [0.25, 0.3) is 15.9 Å². The fourth-order valence-corrected chi connectivity index (χ4v) is 5.49. The maximum atomic E-state index is 13.6. The third kappa shape index (κ3) is 6.05. The third-order valence-corrected chi connectivity index (χ3v) is 7.84. The van der Waals surface area contributed by atoms with Crippen LogP contribution in [0, 0.1) is 6.92 Å². The van der Waals surface area contributed by atoms with Gasteiger partial charge in [0.15, 0.2) is 16.7 Å². The summed E-state index contributed by atoms with van der Waals surface area (Å²) in [5.74, 6) is 0.0441. The number of amides is 1. The Morgan fingerprint density at radius 1 is 1.03 bits per heavy atom. The number of carbonyl (C=O) groups is 1. The normalized spacial score (nSPS) is 11.4. The summed E-state index contributed by atoms with van der Waals surface area (Å²) in [7, 11) is -1.21. The number of aromatic nitrogens is 2. The van der Waals surface area contributed by atoms with E-state index in [9.17, 15) is 13.2 Å². The lowest BCUT2D eigenvalue weighted by Crippen LogP contribution is -2.39. The minimum atomic E-state index is -4.12. The smallest absolute Gasteiger partial charge is 0.264 e. The lowest BCUT2D eigenvalue weighted by Gasteiger charge is -2.24. The van der Waals surface area contributed by atoms with Crippen LogP contribution in [0.15, 0.2) is 88.9 Å². The first-order valence-corrected chi connectivity index (χ1v) is 13.5. The molecule has 39 heavy (non-hydrogen) atoms. The number of rotatable bonds is 10. The number of halogens is 1. The number of benzene rings is 3. The molecule has 0 atom stereocenters. The lowest BCUT2D eigenvalue weighted by molar-refractivity contribution is -0.119. The number of carbonyl (C=O) groups excluding carboxylic acids is 1. The Bertz CT molecular complexity index is 1590. The number of nitrogens with zero attached hydrogens (tertiary/aromatic N) is 4. The van der Waals surface area contributed by atoms with Crippen molar-refractivity contribution in [3.05, 3.63) is 95.3 Å². The Hall–Kier alpha value is -4.35. The fraction of sp³-hybridized carbons (Fsp3) is 0.148. The van der Waals surface area contributed by atoms with Crippen molar-refractivity contribution in [2.75, 3.05) is 25.1 Å². The van der Waals surface area contributed by atoms with Crippen LogP contribution in [-0.4, -0.2) is 51.1 Å². The molecule has 4 aromatic rings. The highest BCUT2D eigenvalue weighted by Gasteiger charge is 2.28. The number of ether oxygens (including phenoxy) is 2. The zero-order valence-corrected chi connectivity index (χ0v) is 23.0. The minimum absolute atomic E-state index is 0.0202. The van der Waals surface area contributed by atoms with E-state index < -0.39 is 22.5 Å². The van der Waals surface area contributed by atoms with E-state index in [1.807, 2.05) is 37.3 Å². The van der Waals surface area contributed by atoms with Gasteiger partial charge in [0.1, 0.15) is 6.54 Å². The van der Waals surface area contributed by atoms with Gasteiger partial charge < -0.3 is 9.47 Å². The molecule has 0 aliphatic heterocycles. The monoisotopic (exact) mass is 567 g/mol. The second-order valence-corrected chi connectivity index (χ2v) is 10.4. The third-order valence-electron chi connectivity index (χ3n) is 5.77. The number of para-hydroxylation sites is 1. The van der Waals surface area contributed by atoms with E-state index in [2.05, 4.69) is 15.6 Å². The van der Waals surface area contributed by atoms with Gasteiger partial charge in [-0.25, -0.2) is 18.5 Å². The van der Waals surface area contributed by atoms with E-state index in [4.69, 9.17) is 21.1 Å². The predicted molar refractivity (Wildman–Crippen MR) is 150 cm³/mol. The molecule has 0 saturated heterocycles. The Kier molecular flexibility index (Phi) is 8.52. The molecular weight excluding hydrogens is 542 g/mol. The molecule has 0 unspecified atom stereocenters. The first-order valence-electron chi connectivity index (χ1n) is 11.7. The van der Waals surface area contributed by atoms with Crippen molar-refractivity contribution in [2.24, 2.45) is 5.10 Å². The summed E-state index contributed by atoms with van der Waals surface area (Å²) in [6, 6.07) is 21.8. The van der Waals surface area contributed by atoms with Crippen LogP contribution in [0.1, 0.15) is 11.3 Å². The number of hydrogen-bond acceptors (Lipinski definition) is 7. The van der Waals surface area contributed by atoms with Crippen molar-refractivity contribution >= 4 is 39.4 Å². The first kappa shape index (κ1) is 27.7. The van der Waals surface area contributed by atoms with Crippen molar-refractivity contribution in [1.82, 2.24) is 15.2 Å². The van der Waals surface area contributed by atoms with Gasteiger partial charge in [-0.3, -0.25) is 9.10 Å². The van der Waals surface area contributed by atoms with Crippen LogP contribution in [-0.2, 0) is 14.8 Å². The molecule has 10 nitrogen and oxygen atoms in total. The molecule has 1 N–H and O–H groups in total. The Morgan fingerprint density at radius 2 is 1.67 bits per heavy atom. The molecule has 0 spiro atoms. The van der Waals surface area contributed by atoms with Gasteiger partial charge in [-0.1, -0.05) is 48.0 Å². The average molecular weight is 568 g/mol.